The molecule has 8 nitrogen and oxygen atoms in total. The average molecular weight is 495 g/mol. The predicted octanol–water partition coefficient (Wildman–Crippen LogP) is 4.17. The average Bonchev–Trinajstić information content (AvgIpc) is 2.87. The number of nitrogen functional groups attached to an aromatic ring is 4. The highest BCUT2D eigenvalue weighted by atomic mass is 16.2. The molecule has 0 saturated carbocycles. The number of carbonyl (C=O) groups excluding carboxylic acids is 2. The third kappa shape index (κ3) is 4.38. The number of nitrogens with zero attached hydrogens (tertiary/aromatic N) is 1. The first kappa shape index (κ1) is 24.0. The molecule has 1 aliphatic heterocycles. The quantitative estimate of drug-likeness (QED) is 0.147. The SMILES string of the molecule is Cc1cc(Cc2cc(N)c(N)cc2N)c(N)cc1NCCCN1C(=O)c2cccc3cccc(c23)C1=O. The summed E-state index contributed by atoms with van der Waals surface area (Å²) in [6.45, 7) is 2.89. The first-order chi connectivity index (χ1) is 17.7. The van der Waals surface area contributed by atoms with Crippen molar-refractivity contribution in [3.8, 4) is 0 Å². The van der Waals surface area contributed by atoms with Crippen molar-refractivity contribution in [1.29, 1.82) is 0 Å². The van der Waals surface area contributed by atoms with Gasteiger partial charge in [-0.1, -0.05) is 30.3 Å². The lowest BCUT2D eigenvalue weighted by molar-refractivity contribution is 0.0610. The van der Waals surface area contributed by atoms with E-state index < -0.39 is 0 Å². The Morgan fingerprint density at radius 1 is 0.757 bits per heavy atom. The third-order valence-electron chi connectivity index (χ3n) is 6.94. The fourth-order valence-electron chi connectivity index (χ4n) is 4.93. The Hall–Kier alpha value is -4.72. The number of rotatable bonds is 7. The number of nitrogens with one attached hydrogen (secondary N) is 1. The molecule has 0 aromatic heterocycles. The van der Waals surface area contributed by atoms with E-state index in [4.69, 9.17) is 22.9 Å². The molecule has 188 valence electrons. The molecule has 8 heteroatoms. The monoisotopic (exact) mass is 494 g/mol. The van der Waals surface area contributed by atoms with E-state index in [2.05, 4.69) is 5.32 Å². The molecule has 1 heterocycles. The Kier molecular flexibility index (Phi) is 6.09. The number of anilines is 5. The molecule has 4 aromatic carbocycles. The van der Waals surface area contributed by atoms with Gasteiger partial charge in [0.2, 0.25) is 0 Å². The van der Waals surface area contributed by atoms with Crippen molar-refractivity contribution < 1.29 is 9.59 Å². The highest BCUT2D eigenvalue weighted by molar-refractivity contribution is 6.25. The molecule has 0 saturated heterocycles. The van der Waals surface area contributed by atoms with Crippen LogP contribution >= 0.6 is 0 Å². The van der Waals surface area contributed by atoms with Crippen molar-refractivity contribution in [3.05, 3.63) is 88.5 Å². The maximum absolute atomic E-state index is 13.1. The summed E-state index contributed by atoms with van der Waals surface area (Å²) in [5.41, 5.74) is 31.3. The smallest absolute Gasteiger partial charge is 0.261 e. The van der Waals surface area contributed by atoms with E-state index in [0.717, 1.165) is 33.2 Å². The number of hydrogen-bond acceptors (Lipinski definition) is 7. The first-order valence-corrected chi connectivity index (χ1v) is 12.2. The van der Waals surface area contributed by atoms with Crippen molar-refractivity contribution in [2.75, 3.05) is 41.3 Å². The zero-order valence-corrected chi connectivity index (χ0v) is 20.7. The molecule has 9 N–H and O–H groups in total. The predicted molar refractivity (Wildman–Crippen MR) is 150 cm³/mol. The molecule has 0 bridgehead atoms. The van der Waals surface area contributed by atoms with Crippen LogP contribution < -0.4 is 28.3 Å². The molecule has 0 radical (unpaired) electrons. The number of aryl methyl sites for hydroxylation is 1. The molecule has 0 unspecified atom stereocenters. The van der Waals surface area contributed by atoms with E-state index in [0.29, 0.717) is 59.8 Å². The van der Waals surface area contributed by atoms with E-state index >= 15 is 0 Å². The number of benzene rings is 4. The van der Waals surface area contributed by atoms with Crippen LogP contribution in [0.1, 0.15) is 43.8 Å². The van der Waals surface area contributed by atoms with Crippen LogP contribution in [-0.2, 0) is 6.42 Å². The summed E-state index contributed by atoms with van der Waals surface area (Å²) in [6.07, 6.45) is 1.13. The molecule has 2 amide bonds. The van der Waals surface area contributed by atoms with Gasteiger partial charge in [-0.25, -0.2) is 0 Å². The minimum absolute atomic E-state index is 0.248. The van der Waals surface area contributed by atoms with Crippen LogP contribution in [-0.4, -0.2) is 29.8 Å². The summed E-state index contributed by atoms with van der Waals surface area (Å²) in [5.74, 6) is -0.497. The summed E-state index contributed by atoms with van der Waals surface area (Å²) >= 11 is 0. The van der Waals surface area contributed by atoms with Crippen LogP contribution in [0.25, 0.3) is 10.8 Å². The summed E-state index contributed by atoms with van der Waals surface area (Å²) < 4.78 is 0. The maximum Gasteiger partial charge on any atom is 0.261 e. The van der Waals surface area contributed by atoms with Gasteiger partial charge in [0, 0.05) is 53.1 Å². The van der Waals surface area contributed by atoms with Gasteiger partial charge in [-0.3, -0.25) is 14.5 Å². The molecule has 5 rings (SSSR count). The summed E-state index contributed by atoms with van der Waals surface area (Å²) in [5, 5.41) is 5.03. The highest BCUT2D eigenvalue weighted by Crippen LogP contribution is 2.31. The van der Waals surface area contributed by atoms with Gasteiger partial charge < -0.3 is 28.3 Å². The van der Waals surface area contributed by atoms with Crippen LogP contribution in [0.4, 0.5) is 28.4 Å². The maximum atomic E-state index is 13.1. The Balaban J connectivity index is 1.24. The molecule has 0 aliphatic carbocycles. The molecule has 1 aliphatic rings. The minimum Gasteiger partial charge on any atom is -0.398 e. The van der Waals surface area contributed by atoms with Gasteiger partial charge in [0.1, 0.15) is 0 Å². The van der Waals surface area contributed by atoms with E-state index in [1.807, 2.05) is 43.3 Å². The first-order valence-electron chi connectivity index (χ1n) is 12.2. The van der Waals surface area contributed by atoms with Gasteiger partial charge in [-0.05, 0) is 65.8 Å². The minimum atomic E-state index is -0.248. The van der Waals surface area contributed by atoms with Gasteiger partial charge in [-0.2, -0.15) is 0 Å². The Labute approximate surface area is 215 Å². The van der Waals surface area contributed by atoms with Crippen LogP contribution in [0, 0.1) is 6.92 Å². The normalized spacial score (nSPS) is 12.8. The second-order valence-corrected chi connectivity index (χ2v) is 9.47. The highest BCUT2D eigenvalue weighted by Gasteiger charge is 2.32. The second-order valence-electron chi connectivity index (χ2n) is 9.47. The van der Waals surface area contributed by atoms with Gasteiger partial charge in [0.25, 0.3) is 11.8 Å². The van der Waals surface area contributed by atoms with Crippen LogP contribution in [0.15, 0.2) is 60.7 Å². The molecule has 0 spiro atoms. The largest absolute Gasteiger partial charge is 0.398 e. The standard InChI is InChI=1S/C29H30N6O2/c1-16-11-18(12-19-13-24(32)25(33)14-22(19)30)23(31)15-26(16)34-9-4-10-35-28(36)20-7-2-5-17-6-3-8-21(27(17)20)29(35)37/h2-3,5-8,11,13-15,34H,4,9-10,12,30-33H2,1H3. The van der Waals surface area contributed by atoms with Crippen molar-refractivity contribution >= 4 is 51.0 Å². The van der Waals surface area contributed by atoms with Gasteiger partial charge in [0.15, 0.2) is 0 Å². The number of imide groups is 1. The van der Waals surface area contributed by atoms with Crippen LogP contribution in [0.2, 0.25) is 0 Å². The number of hydrogen-bond donors (Lipinski definition) is 5. The second kappa shape index (κ2) is 9.39. The van der Waals surface area contributed by atoms with E-state index in [1.54, 1.807) is 24.3 Å². The van der Waals surface area contributed by atoms with Gasteiger partial charge in [-0.15, -0.1) is 0 Å². The fourth-order valence-corrected chi connectivity index (χ4v) is 4.93. The summed E-state index contributed by atoms with van der Waals surface area (Å²) in [7, 11) is 0. The lowest BCUT2D eigenvalue weighted by Gasteiger charge is -2.27. The zero-order valence-electron chi connectivity index (χ0n) is 20.7. The Bertz CT molecular complexity index is 1510. The molecule has 37 heavy (non-hydrogen) atoms. The third-order valence-corrected chi connectivity index (χ3v) is 6.94. The van der Waals surface area contributed by atoms with E-state index in [-0.39, 0.29) is 11.8 Å². The lowest BCUT2D eigenvalue weighted by Crippen LogP contribution is -2.41. The molecule has 4 aromatic rings. The molecular weight excluding hydrogens is 464 g/mol. The van der Waals surface area contributed by atoms with Crippen molar-refractivity contribution in [3.63, 3.8) is 0 Å². The van der Waals surface area contributed by atoms with Crippen molar-refractivity contribution in [2.45, 2.75) is 19.8 Å². The van der Waals surface area contributed by atoms with Crippen molar-refractivity contribution in [1.82, 2.24) is 4.90 Å². The van der Waals surface area contributed by atoms with Gasteiger partial charge in [0.05, 0.1) is 11.4 Å². The topological polar surface area (TPSA) is 153 Å². The molecular formula is C29H30N6O2. The zero-order chi connectivity index (χ0) is 26.3. The summed E-state index contributed by atoms with van der Waals surface area (Å²) in [4.78, 5) is 27.5. The Morgan fingerprint density at radius 3 is 2.03 bits per heavy atom. The number of amides is 2. The van der Waals surface area contributed by atoms with E-state index in [9.17, 15) is 9.59 Å². The fraction of sp³-hybridized carbons (Fsp3) is 0.172. The summed E-state index contributed by atoms with van der Waals surface area (Å²) in [6, 6.07) is 18.5. The van der Waals surface area contributed by atoms with Gasteiger partial charge >= 0.3 is 0 Å². The lowest BCUT2D eigenvalue weighted by atomic mass is 9.94. The molecule has 0 fully saturated rings. The van der Waals surface area contributed by atoms with Crippen LogP contribution in [0.5, 0.6) is 0 Å². The number of carbonyl (C=O) groups is 2. The van der Waals surface area contributed by atoms with Crippen LogP contribution in [0.3, 0.4) is 0 Å². The molecule has 0 atom stereocenters. The van der Waals surface area contributed by atoms with Crippen molar-refractivity contribution in [2.24, 2.45) is 0 Å². The number of nitrogens with two attached hydrogens (primary N) is 4. The Morgan fingerprint density at radius 2 is 1.35 bits per heavy atom. The van der Waals surface area contributed by atoms with E-state index in [1.165, 1.54) is 4.90 Å².